The zero-order valence-electron chi connectivity index (χ0n) is 12.7. The second-order valence-corrected chi connectivity index (χ2v) is 5.49. The predicted molar refractivity (Wildman–Crippen MR) is 84.8 cm³/mol. The fourth-order valence-corrected chi connectivity index (χ4v) is 2.61. The van der Waals surface area contributed by atoms with Crippen LogP contribution in [0.4, 0.5) is 11.5 Å². The minimum absolute atomic E-state index is 0.0298. The molecular weight excluding hydrogens is 294 g/mol. The van der Waals surface area contributed by atoms with Gasteiger partial charge in [0.25, 0.3) is 0 Å². The molecule has 118 valence electrons. The highest BCUT2D eigenvalue weighted by atomic mass is 16.5. The summed E-state index contributed by atoms with van der Waals surface area (Å²) in [6.45, 7) is 2.54. The van der Waals surface area contributed by atoms with E-state index in [0.29, 0.717) is 17.9 Å². The van der Waals surface area contributed by atoms with Crippen LogP contribution in [-0.4, -0.2) is 28.4 Å². The van der Waals surface area contributed by atoms with Crippen molar-refractivity contribution in [1.29, 1.82) is 5.26 Å². The average molecular weight is 311 g/mol. The van der Waals surface area contributed by atoms with E-state index in [1.807, 2.05) is 13.0 Å². The van der Waals surface area contributed by atoms with E-state index in [4.69, 9.17) is 15.7 Å². The maximum Gasteiger partial charge on any atom is 0.230 e. The summed E-state index contributed by atoms with van der Waals surface area (Å²) in [5.74, 6) is 0.0525. The Bertz CT molecular complexity index is 760. The number of benzene rings is 1. The van der Waals surface area contributed by atoms with E-state index in [1.54, 1.807) is 30.5 Å². The largest absolute Gasteiger partial charge is 0.381 e. The van der Waals surface area contributed by atoms with Gasteiger partial charge >= 0.3 is 0 Å². The number of nitriles is 1. The van der Waals surface area contributed by atoms with Gasteiger partial charge in [0.1, 0.15) is 11.6 Å². The molecule has 0 bridgehead atoms. The van der Waals surface area contributed by atoms with Crippen LogP contribution in [0.3, 0.4) is 0 Å². The number of nitrogens with zero attached hydrogens (tertiary/aromatic N) is 3. The summed E-state index contributed by atoms with van der Waals surface area (Å²) >= 11 is 0. The molecule has 0 spiro atoms. The number of hydrogen-bond donors (Lipinski definition) is 2. The minimum atomic E-state index is -0.112. The third kappa shape index (κ3) is 3.03. The van der Waals surface area contributed by atoms with Crippen molar-refractivity contribution >= 4 is 17.4 Å². The number of carbonyl (C=O) groups is 1. The van der Waals surface area contributed by atoms with Gasteiger partial charge in [-0.15, -0.1) is 5.10 Å². The van der Waals surface area contributed by atoms with E-state index in [1.165, 1.54) is 4.68 Å². The molecule has 7 nitrogen and oxygen atoms in total. The van der Waals surface area contributed by atoms with Crippen molar-refractivity contribution in [3.63, 3.8) is 0 Å². The summed E-state index contributed by atoms with van der Waals surface area (Å²) in [7, 11) is 0. The van der Waals surface area contributed by atoms with Crippen LogP contribution in [0.15, 0.2) is 30.5 Å². The van der Waals surface area contributed by atoms with Crippen LogP contribution in [0.1, 0.15) is 18.9 Å². The van der Waals surface area contributed by atoms with Crippen LogP contribution in [0.5, 0.6) is 0 Å². The van der Waals surface area contributed by atoms with Crippen LogP contribution < -0.4 is 11.1 Å². The number of carbonyl (C=O) groups excluding carboxylic acids is 1. The van der Waals surface area contributed by atoms with Crippen LogP contribution in [-0.2, 0) is 9.53 Å². The van der Waals surface area contributed by atoms with Gasteiger partial charge in [0, 0.05) is 12.3 Å². The Hall–Kier alpha value is -2.85. The molecule has 2 atom stereocenters. The van der Waals surface area contributed by atoms with Crippen LogP contribution in [0.25, 0.3) is 5.69 Å². The lowest BCUT2D eigenvalue weighted by molar-refractivity contribution is -0.121. The molecule has 1 aromatic heterocycles. The van der Waals surface area contributed by atoms with Crippen molar-refractivity contribution in [2.45, 2.75) is 19.4 Å². The summed E-state index contributed by atoms with van der Waals surface area (Å²) in [4.78, 5) is 12.2. The Morgan fingerprint density at radius 1 is 1.48 bits per heavy atom. The van der Waals surface area contributed by atoms with Crippen LogP contribution in [0, 0.1) is 17.2 Å². The molecule has 1 fully saturated rings. The molecule has 0 unspecified atom stereocenters. The maximum atomic E-state index is 12.2. The summed E-state index contributed by atoms with van der Waals surface area (Å²) in [5, 5.41) is 15.9. The van der Waals surface area contributed by atoms with Crippen molar-refractivity contribution in [1.82, 2.24) is 9.78 Å². The van der Waals surface area contributed by atoms with Gasteiger partial charge in [0.15, 0.2) is 5.82 Å². The Balaban J connectivity index is 1.72. The Kier molecular flexibility index (Phi) is 4.00. The number of anilines is 2. The Morgan fingerprint density at radius 2 is 2.22 bits per heavy atom. The lowest BCUT2D eigenvalue weighted by Gasteiger charge is -2.14. The van der Waals surface area contributed by atoms with Gasteiger partial charge in [-0.3, -0.25) is 4.79 Å². The highest BCUT2D eigenvalue weighted by Gasteiger charge is 2.30. The molecule has 1 aromatic carbocycles. The van der Waals surface area contributed by atoms with Crippen molar-refractivity contribution in [3.8, 4) is 11.8 Å². The van der Waals surface area contributed by atoms with E-state index < -0.39 is 0 Å². The summed E-state index contributed by atoms with van der Waals surface area (Å²) < 4.78 is 6.95. The number of nitrogens with two attached hydrogens (primary N) is 1. The zero-order valence-corrected chi connectivity index (χ0v) is 12.7. The molecule has 1 amide bonds. The number of nitrogens with one attached hydrogen (secondary N) is 1. The van der Waals surface area contributed by atoms with Crippen LogP contribution >= 0.6 is 0 Å². The number of aromatic nitrogens is 2. The number of ether oxygens (including phenoxy) is 1. The molecule has 1 aliphatic heterocycles. The van der Waals surface area contributed by atoms with Crippen LogP contribution in [0.2, 0.25) is 0 Å². The molecule has 23 heavy (non-hydrogen) atoms. The zero-order chi connectivity index (χ0) is 16.4. The van der Waals surface area contributed by atoms with Crippen molar-refractivity contribution in [2.24, 2.45) is 5.92 Å². The first-order valence-corrected chi connectivity index (χ1v) is 7.36. The third-order valence-electron chi connectivity index (χ3n) is 3.98. The SMILES string of the molecule is C[C@H]1OCC[C@@H]1C(=O)Nc1ccc(-n2cc(C#N)c(N)n2)cc1. The Morgan fingerprint density at radius 3 is 2.78 bits per heavy atom. The molecule has 2 aromatic rings. The first kappa shape index (κ1) is 15.1. The van der Waals surface area contributed by atoms with Crippen molar-refractivity contribution in [2.75, 3.05) is 17.7 Å². The lowest BCUT2D eigenvalue weighted by Crippen LogP contribution is -2.27. The van der Waals surface area contributed by atoms with E-state index >= 15 is 0 Å². The van der Waals surface area contributed by atoms with Crippen molar-refractivity contribution < 1.29 is 9.53 Å². The number of rotatable bonds is 3. The molecule has 7 heteroatoms. The smallest absolute Gasteiger partial charge is 0.230 e. The Labute approximate surface area is 133 Å². The summed E-state index contributed by atoms with van der Waals surface area (Å²) in [6.07, 6.45) is 2.26. The molecular formula is C16H17N5O2. The monoisotopic (exact) mass is 311 g/mol. The van der Waals surface area contributed by atoms with E-state index in [9.17, 15) is 4.79 Å². The second kappa shape index (κ2) is 6.10. The second-order valence-electron chi connectivity index (χ2n) is 5.49. The number of nitrogen functional groups attached to an aromatic ring is 1. The van der Waals surface area contributed by atoms with Gasteiger partial charge in [-0.1, -0.05) is 0 Å². The molecule has 1 aliphatic rings. The topological polar surface area (TPSA) is 106 Å². The molecule has 3 N–H and O–H groups in total. The van der Waals surface area contributed by atoms with Gasteiger partial charge in [-0.2, -0.15) is 5.26 Å². The fraction of sp³-hybridized carbons (Fsp3) is 0.312. The normalized spacial score (nSPS) is 20.2. The summed E-state index contributed by atoms with van der Waals surface area (Å²) in [5.41, 5.74) is 7.44. The fourth-order valence-electron chi connectivity index (χ4n) is 2.61. The van der Waals surface area contributed by atoms with Gasteiger partial charge in [0.05, 0.1) is 23.9 Å². The van der Waals surface area contributed by atoms with Gasteiger partial charge in [-0.25, -0.2) is 4.68 Å². The standard InChI is InChI=1S/C16H17N5O2/c1-10-14(6-7-23-10)16(22)19-12-2-4-13(5-3-12)21-9-11(8-17)15(18)20-21/h2-5,9-10,14H,6-7H2,1H3,(H2,18,20)(H,19,22)/t10-,14+/m1/s1. The van der Waals surface area contributed by atoms with E-state index in [-0.39, 0.29) is 23.7 Å². The molecule has 2 heterocycles. The van der Waals surface area contributed by atoms with Gasteiger partial charge < -0.3 is 15.8 Å². The highest BCUT2D eigenvalue weighted by Crippen LogP contribution is 2.23. The number of hydrogen-bond acceptors (Lipinski definition) is 5. The van der Waals surface area contributed by atoms with Gasteiger partial charge in [-0.05, 0) is 37.6 Å². The highest BCUT2D eigenvalue weighted by molar-refractivity contribution is 5.93. The van der Waals surface area contributed by atoms with E-state index in [2.05, 4.69) is 10.4 Å². The first-order chi connectivity index (χ1) is 11.1. The minimum Gasteiger partial charge on any atom is -0.381 e. The van der Waals surface area contributed by atoms with E-state index in [0.717, 1.165) is 12.1 Å². The average Bonchev–Trinajstić information content (AvgIpc) is 3.13. The first-order valence-electron chi connectivity index (χ1n) is 7.36. The van der Waals surface area contributed by atoms with Crippen molar-refractivity contribution in [3.05, 3.63) is 36.0 Å². The molecule has 0 saturated carbocycles. The predicted octanol–water partition coefficient (Wildman–Crippen LogP) is 1.69. The lowest BCUT2D eigenvalue weighted by atomic mass is 10.0. The quantitative estimate of drug-likeness (QED) is 0.897. The molecule has 3 rings (SSSR count). The molecule has 0 aliphatic carbocycles. The third-order valence-corrected chi connectivity index (χ3v) is 3.98. The molecule has 1 saturated heterocycles. The maximum absolute atomic E-state index is 12.2. The number of amides is 1. The summed E-state index contributed by atoms with van der Waals surface area (Å²) in [6, 6.07) is 9.17. The van der Waals surface area contributed by atoms with Gasteiger partial charge in [0.2, 0.25) is 5.91 Å². The molecule has 0 radical (unpaired) electrons.